The van der Waals surface area contributed by atoms with Crippen LogP contribution in [0.5, 0.6) is 5.75 Å². The molecule has 1 rings (SSSR count). The van der Waals surface area contributed by atoms with Gasteiger partial charge in [-0.05, 0) is 57.4 Å². The Balaban J connectivity index is 2.98. The summed E-state index contributed by atoms with van der Waals surface area (Å²) in [6.45, 7) is 9.11. The van der Waals surface area contributed by atoms with Crippen LogP contribution in [0.2, 0.25) is 0 Å². The Morgan fingerprint density at radius 3 is 1.93 bits per heavy atom. The lowest BCUT2D eigenvalue weighted by Gasteiger charge is -2.30. The molecule has 0 aromatic heterocycles. The van der Waals surface area contributed by atoms with Gasteiger partial charge in [-0.3, -0.25) is 9.59 Å². The Labute approximate surface area is 162 Å². The van der Waals surface area contributed by atoms with Crippen LogP contribution < -0.4 is 4.74 Å². The van der Waals surface area contributed by atoms with Crippen LogP contribution in [0.1, 0.15) is 84.3 Å². The van der Waals surface area contributed by atoms with Crippen LogP contribution in [0.15, 0.2) is 18.2 Å². The van der Waals surface area contributed by atoms with Gasteiger partial charge in [0.15, 0.2) is 0 Å². The molecule has 0 fully saturated rings. The molecule has 27 heavy (non-hydrogen) atoms. The van der Waals surface area contributed by atoms with Gasteiger partial charge in [0, 0.05) is 0 Å². The van der Waals surface area contributed by atoms with Crippen molar-refractivity contribution in [2.24, 2.45) is 0 Å². The maximum Gasteiger partial charge on any atom is 0.313 e. The second kappa shape index (κ2) is 9.77. The van der Waals surface area contributed by atoms with E-state index in [1.807, 2.05) is 0 Å². The largest absolute Gasteiger partial charge is 0.494 e. The van der Waals surface area contributed by atoms with Gasteiger partial charge >= 0.3 is 11.9 Å². The van der Waals surface area contributed by atoms with Gasteiger partial charge in [-0.15, -0.1) is 0 Å². The minimum absolute atomic E-state index is 0.475. The summed E-state index contributed by atoms with van der Waals surface area (Å²) in [7, 11) is 0. The van der Waals surface area contributed by atoms with Gasteiger partial charge in [0.05, 0.1) is 17.4 Å². The molecule has 0 aliphatic carbocycles. The third-order valence-corrected chi connectivity index (χ3v) is 5.17. The molecule has 1 aromatic rings. The summed E-state index contributed by atoms with van der Waals surface area (Å²) in [6, 6.07) is 5.11. The monoisotopic (exact) mass is 378 g/mol. The van der Waals surface area contributed by atoms with E-state index in [-0.39, 0.29) is 0 Å². The van der Waals surface area contributed by atoms with Gasteiger partial charge in [0.2, 0.25) is 0 Å². The van der Waals surface area contributed by atoms with Crippen LogP contribution >= 0.6 is 0 Å². The van der Waals surface area contributed by atoms with Crippen molar-refractivity contribution in [3.05, 3.63) is 29.3 Å². The fourth-order valence-corrected chi connectivity index (χ4v) is 2.98. The summed E-state index contributed by atoms with van der Waals surface area (Å²) in [4.78, 5) is 23.5. The standard InChI is InChI=1S/C22H34O5/c1-6-7-8-9-10-11-14-27-16-12-13-17(21(2,3)19(23)24)18(15-16)22(4,5)20(25)26/h12-13,15H,6-11,14H2,1-5H3,(H,23,24)(H,25,26). The molecule has 5 nitrogen and oxygen atoms in total. The van der Waals surface area contributed by atoms with Gasteiger partial charge < -0.3 is 14.9 Å². The predicted octanol–water partition coefficient (Wildman–Crippen LogP) is 5.15. The lowest BCUT2D eigenvalue weighted by molar-refractivity contribution is -0.144. The molecule has 1 aromatic carbocycles. The highest BCUT2D eigenvalue weighted by molar-refractivity contribution is 5.85. The van der Waals surface area contributed by atoms with E-state index in [2.05, 4.69) is 6.92 Å². The molecular weight excluding hydrogens is 344 g/mol. The molecular formula is C22H34O5. The first-order chi connectivity index (χ1) is 12.5. The molecule has 0 radical (unpaired) electrons. The lowest BCUT2D eigenvalue weighted by atomic mass is 9.73. The number of ether oxygens (including phenoxy) is 1. The molecule has 0 bridgehead atoms. The summed E-state index contributed by atoms with van der Waals surface area (Å²) in [6.07, 6.45) is 6.97. The number of hydrogen-bond donors (Lipinski definition) is 2. The molecule has 0 saturated heterocycles. The van der Waals surface area contributed by atoms with Crippen molar-refractivity contribution < 1.29 is 24.5 Å². The SMILES string of the molecule is CCCCCCCCOc1ccc(C(C)(C)C(=O)O)c(C(C)(C)C(=O)O)c1. The highest BCUT2D eigenvalue weighted by Crippen LogP contribution is 2.37. The Kier molecular flexibility index (Phi) is 8.32. The number of carboxylic acid groups (broad SMARTS) is 2. The van der Waals surface area contributed by atoms with Gasteiger partial charge in [0.1, 0.15) is 5.75 Å². The number of benzene rings is 1. The summed E-state index contributed by atoms with van der Waals surface area (Å²) in [5.41, 5.74) is -1.45. The zero-order valence-corrected chi connectivity index (χ0v) is 17.3. The van der Waals surface area contributed by atoms with Crippen molar-refractivity contribution >= 4 is 11.9 Å². The van der Waals surface area contributed by atoms with E-state index in [0.717, 1.165) is 12.8 Å². The second-order valence-corrected chi connectivity index (χ2v) is 8.18. The number of rotatable bonds is 12. The van der Waals surface area contributed by atoms with E-state index >= 15 is 0 Å². The molecule has 0 heterocycles. The molecule has 0 spiro atoms. The maximum absolute atomic E-state index is 11.8. The summed E-state index contributed by atoms with van der Waals surface area (Å²) in [5, 5.41) is 19.2. The quantitative estimate of drug-likeness (QED) is 0.491. The third kappa shape index (κ3) is 5.98. The number of unbranched alkanes of at least 4 members (excludes halogenated alkanes) is 5. The molecule has 0 amide bonds. The van der Waals surface area contributed by atoms with E-state index in [1.54, 1.807) is 45.9 Å². The zero-order chi connectivity index (χ0) is 20.7. The topological polar surface area (TPSA) is 83.8 Å². The molecule has 152 valence electrons. The molecule has 0 atom stereocenters. The van der Waals surface area contributed by atoms with Gasteiger partial charge in [0.25, 0.3) is 0 Å². The first-order valence-electron chi connectivity index (χ1n) is 9.79. The summed E-state index contributed by atoms with van der Waals surface area (Å²) in [5.74, 6) is -1.42. The van der Waals surface area contributed by atoms with E-state index in [1.165, 1.54) is 25.7 Å². The minimum atomic E-state index is -1.22. The zero-order valence-electron chi connectivity index (χ0n) is 17.3. The first-order valence-corrected chi connectivity index (χ1v) is 9.79. The van der Waals surface area contributed by atoms with Crippen molar-refractivity contribution in [2.45, 2.75) is 84.0 Å². The Morgan fingerprint density at radius 2 is 1.37 bits per heavy atom. The first kappa shape index (κ1) is 23.0. The lowest BCUT2D eigenvalue weighted by Crippen LogP contribution is -2.36. The summed E-state index contributed by atoms with van der Waals surface area (Å²) < 4.78 is 5.82. The third-order valence-electron chi connectivity index (χ3n) is 5.17. The van der Waals surface area contributed by atoms with Crippen LogP contribution in [0.25, 0.3) is 0 Å². The Morgan fingerprint density at radius 1 is 0.852 bits per heavy atom. The van der Waals surface area contributed by atoms with Crippen molar-refractivity contribution in [3.8, 4) is 5.75 Å². The molecule has 2 N–H and O–H groups in total. The predicted molar refractivity (Wildman–Crippen MR) is 107 cm³/mol. The number of hydrogen-bond acceptors (Lipinski definition) is 3. The van der Waals surface area contributed by atoms with Gasteiger partial charge in [-0.25, -0.2) is 0 Å². The van der Waals surface area contributed by atoms with Crippen molar-refractivity contribution in [3.63, 3.8) is 0 Å². The average molecular weight is 379 g/mol. The van der Waals surface area contributed by atoms with Gasteiger partial charge in [-0.1, -0.05) is 45.1 Å². The van der Waals surface area contributed by atoms with Crippen molar-refractivity contribution in [1.29, 1.82) is 0 Å². The summed E-state index contributed by atoms with van der Waals surface area (Å²) >= 11 is 0. The van der Waals surface area contributed by atoms with Crippen molar-refractivity contribution in [1.82, 2.24) is 0 Å². The Bertz CT molecular complexity index is 646. The fourth-order valence-electron chi connectivity index (χ4n) is 2.98. The smallest absolute Gasteiger partial charge is 0.313 e. The highest BCUT2D eigenvalue weighted by atomic mass is 16.5. The van der Waals surface area contributed by atoms with Crippen molar-refractivity contribution in [2.75, 3.05) is 6.61 Å². The molecule has 0 aliphatic heterocycles. The van der Waals surface area contributed by atoms with E-state index in [4.69, 9.17) is 4.74 Å². The number of carbonyl (C=O) groups is 2. The Hall–Kier alpha value is -2.04. The van der Waals surface area contributed by atoms with Crippen LogP contribution in [0, 0.1) is 0 Å². The number of carboxylic acids is 2. The molecule has 0 saturated carbocycles. The fraction of sp³-hybridized carbons (Fsp3) is 0.636. The van der Waals surface area contributed by atoms with Crippen LogP contribution in [-0.2, 0) is 20.4 Å². The van der Waals surface area contributed by atoms with Crippen LogP contribution in [-0.4, -0.2) is 28.8 Å². The maximum atomic E-state index is 11.8. The highest BCUT2D eigenvalue weighted by Gasteiger charge is 2.39. The number of aliphatic carboxylic acids is 2. The second-order valence-electron chi connectivity index (χ2n) is 8.18. The van der Waals surface area contributed by atoms with E-state index in [9.17, 15) is 19.8 Å². The molecule has 0 unspecified atom stereocenters. The van der Waals surface area contributed by atoms with E-state index < -0.39 is 22.8 Å². The van der Waals surface area contributed by atoms with Crippen LogP contribution in [0.3, 0.4) is 0 Å². The minimum Gasteiger partial charge on any atom is -0.494 e. The normalized spacial score (nSPS) is 12.0. The van der Waals surface area contributed by atoms with E-state index in [0.29, 0.717) is 23.5 Å². The average Bonchev–Trinajstić information content (AvgIpc) is 2.60. The molecule has 0 aliphatic rings. The van der Waals surface area contributed by atoms with Gasteiger partial charge in [-0.2, -0.15) is 0 Å². The van der Waals surface area contributed by atoms with Crippen LogP contribution in [0.4, 0.5) is 0 Å². The molecule has 5 heteroatoms.